The minimum absolute atomic E-state index is 0.0948. The van der Waals surface area contributed by atoms with E-state index in [9.17, 15) is 9.59 Å². The Kier molecular flexibility index (Phi) is 5.79. The Bertz CT molecular complexity index is 719. The molecule has 2 N–H and O–H groups in total. The number of carbonyl (C=O) groups is 2. The van der Waals surface area contributed by atoms with E-state index in [1.54, 1.807) is 12.1 Å². The average molecular weight is 328 g/mol. The summed E-state index contributed by atoms with van der Waals surface area (Å²) in [5.74, 6) is 0.633. The molecule has 0 aliphatic heterocycles. The Morgan fingerprint density at radius 3 is 2.46 bits per heavy atom. The summed E-state index contributed by atoms with van der Waals surface area (Å²) >= 11 is 0. The van der Waals surface area contributed by atoms with Gasteiger partial charge in [-0.15, -0.1) is 0 Å². The van der Waals surface area contributed by atoms with Gasteiger partial charge in [-0.2, -0.15) is 0 Å². The van der Waals surface area contributed by atoms with Crippen LogP contribution in [-0.4, -0.2) is 11.8 Å². The lowest BCUT2D eigenvalue weighted by atomic mass is 9.92. The van der Waals surface area contributed by atoms with Crippen molar-refractivity contribution in [3.05, 3.63) is 59.0 Å². The fourth-order valence-corrected chi connectivity index (χ4v) is 2.56. The van der Waals surface area contributed by atoms with Crippen LogP contribution in [0.1, 0.15) is 54.3 Å². The van der Waals surface area contributed by atoms with Crippen LogP contribution in [0.5, 0.6) is 0 Å². The molecule has 0 aliphatic carbocycles. The van der Waals surface area contributed by atoms with Gasteiger partial charge >= 0.3 is 0 Å². The number of aryl methyl sites for hydroxylation is 1. The third-order valence-electron chi connectivity index (χ3n) is 3.87. The van der Waals surface area contributed by atoms with Crippen molar-refractivity contribution in [2.45, 2.75) is 40.3 Å². The largest absolute Gasteiger partial charge is 0.454 e. The van der Waals surface area contributed by atoms with Crippen LogP contribution in [-0.2, 0) is 11.3 Å². The van der Waals surface area contributed by atoms with Gasteiger partial charge in [-0.25, -0.2) is 0 Å². The van der Waals surface area contributed by atoms with Crippen molar-refractivity contribution in [1.29, 1.82) is 0 Å². The smallest absolute Gasteiger partial charge is 0.287 e. The van der Waals surface area contributed by atoms with Crippen molar-refractivity contribution in [2.75, 3.05) is 0 Å². The molecule has 5 heteroatoms. The molecule has 0 radical (unpaired) electrons. The van der Waals surface area contributed by atoms with Crippen LogP contribution in [0.4, 0.5) is 0 Å². The van der Waals surface area contributed by atoms with E-state index < -0.39 is 0 Å². The Hall–Kier alpha value is -2.56. The van der Waals surface area contributed by atoms with E-state index in [0.29, 0.717) is 5.76 Å². The van der Waals surface area contributed by atoms with Gasteiger partial charge in [-0.05, 0) is 36.1 Å². The molecule has 0 saturated heterocycles. The highest BCUT2D eigenvalue weighted by molar-refractivity contribution is 5.91. The lowest BCUT2D eigenvalue weighted by molar-refractivity contribution is -0.119. The Morgan fingerprint density at radius 1 is 1.12 bits per heavy atom. The topological polar surface area (TPSA) is 71.3 Å². The Labute approximate surface area is 142 Å². The van der Waals surface area contributed by atoms with Crippen LogP contribution in [0.15, 0.2) is 40.8 Å². The normalized spacial score (nSPS) is 12.0. The number of furan rings is 1. The first kappa shape index (κ1) is 17.8. The molecule has 0 saturated carbocycles. The maximum atomic E-state index is 12.5. The van der Waals surface area contributed by atoms with Gasteiger partial charge in [0.25, 0.3) is 5.91 Å². The third kappa shape index (κ3) is 4.47. The lowest BCUT2D eigenvalue weighted by Gasteiger charge is -2.24. The number of amides is 2. The van der Waals surface area contributed by atoms with E-state index in [1.807, 2.05) is 31.2 Å². The highest BCUT2D eigenvalue weighted by atomic mass is 16.4. The van der Waals surface area contributed by atoms with Crippen LogP contribution >= 0.6 is 0 Å². The number of nitrogens with one attached hydrogen (secondary N) is 2. The summed E-state index contributed by atoms with van der Waals surface area (Å²) in [4.78, 5) is 23.4. The van der Waals surface area contributed by atoms with E-state index in [0.717, 1.165) is 11.1 Å². The van der Waals surface area contributed by atoms with Crippen molar-refractivity contribution < 1.29 is 14.0 Å². The summed E-state index contributed by atoms with van der Waals surface area (Å²) in [6.07, 6.45) is 0. The molecule has 2 rings (SSSR count). The van der Waals surface area contributed by atoms with Crippen molar-refractivity contribution in [3.8, 4) is 0 Å². The maximum Gasteiger partial charge on any atom is 0.287 e. The molecule has 1 heterocycles. The number of rotatable bonds is 6. The SMILES string of the molecule is CC(=O)NCc1ccc(C(=O)N[C@@H](c2ccccc2C)C(C)C)o1. The third-order valence-corrected chi connectivity index (χ3v) is 3.87. The van der Waals surface area contributed by atoms with Crippen molar-refractivity contribution in [1.82, 2.24) is 10.6 Å². The average Bonchev–Trinajstić information content (AvgIpc) is 3.00. The fraction of sp³-hybridized carbons (Fsp3) is 0.368. The molecule has 128 valence electrons. The summed E-state index contributed by atoms with van der Waals surface area (Å²) in [6.45, 7) is 7.89. The van der Waals surface area contributed by atoms with E-state index in [2.05, 4.69) is 24.5 Å². The Balaban J connectivity index is 2.11. The molecule has 1 aromatic heterocycles. The van der Waals surface area contributed by atoms with Gasteiger partial charge in [-0.1, -0.05) is 38.1 Å². The van der Waals surface area contributed by atoms with E-state index in [4.69, 9.17) is 4.42 Å². The van der Waals surface area contributed by atoms with Crippen LogP contribution in [0.3, 0.4) is 0 Å². The fourth-order valence-electron chi connectivity index (χ4n) is 2.56. The Morgan fingerprint density at radius 2 is 1.83 bits per heavy atom. The van der Waals surface area contributed by atoms with Gasteiger partial charge in [0.15, 0.2) is 5.76 Å². The molecule has 5 nitrogen and oxygen atoms in total. The molecule has 0 bridgehead atoms. The van der Waals surface area contributed by atoms with Gasteiger partial charge in [0.1, 0.15) is 5.76 Å². The molecule has 0 unspecified atom stereocenters. The van der Waals surface area contributed by atoms with Crippen molar-refractivity contribution >= 4 is 11.8 Å². The maximum absolute atomic E-state index is 12.5. The van der Waals surface area contributed by atoms with Crippen LogP contribution in [0.2, 0.25) is 0 Å². The zero-order valence-electron chi connectivity index (χ0n) is 14.6. The molecule has 1 atom stereocenters. The predicted molar refractivity (Wildman–Crippen MR) is 92.5 cm³/mol. The summed E-state index contributed by atoms with van der Waals surface area (Å²) in [7, 11) is 0. The van der Waals surface area contributed by atoms with Crippen molar-refractivity contribution in [3.63, 3.8) is 0 Å². The van der Waals surface area contributed by atoms with E-state index in [1.165, 1.54) is 6.92 Å². The van der Waals surface area contributed by atoms with Crippen LogP contribution < -0.4 is 10.6 Å². The highest BCUT2D eigenvalue weighted by Gasteiger charge is 2.22. The first-order chi connectivity index (χ1) is 11.4. The zero-order valence-corrected chi connectivity index (χ0v) is 14.6. The minimum atomic E-state index is -0.258. The molecular weight excluding hydrogens is 304 g/mol. The molecule has 0 spiro atoms. The number of hydrogen-bond acceptors (Lipinski definition) is 3. The second kappa shape index (κ2) is 7.81. The summed E-state index contributed by atoms with van der Waals surface area (Å²) < 4.78 is 5.52. The first-order valence-electron chi connectivity index (χ1n) is 8.08. The minimum Gasteiger partial charge on any atom is -0.454 e. The molecule has 0 aliphatic rings. The molecule has 1 aromatic carbocycles. The number of hydrogen-bond donors (Lipinski definition) is 2. The molecule has 0 fully saturated rings. The molecule has 2 amide bonds. The monoisotopic (exact) mass is 328 g/mol. The predicted octanol–water partition coefficient (Wildman–Crippen LogP) is 3.35. The first-order valence-corrected chi connectivity index (χ1v) is 8.08. The van der Waals surface area contributed by atoms with Gasteiger partial charge in [0.05, 0.1) is 12.6 Å². The van der Waals surface area contributed by atoms with Gasteiger partial charge < -0.3 is 15.1 Å². The molecule has 2 aromatic rings. The molecular formula is C19H24N2O3. The van der Waals surface area contributed by atoms with Crippen LogP contribution in [0, 0.1) is 12.8 Å². The quantitative estimate of drug-likeness (QED) is 0.854. The second-order valence-corrected chi connectivity index (χ2v) is 6.23. The van der Waals surface area contributed by atoms with Crippen LogP contribution in [0.25, 0.3) is 0 Å². The number of carbonyl (C=O) groups excluding carboxylic acids is 2. The van der Waals surface area contributed by atoms with E-state index in [-0.39, 0.29) is 36.1 Å². The second-order valence-electron chi connectivity index (χ2n) is 6.23. The summed E-state index contributed by atoms with van der Waals surface area (Å²) in [6, 6.07) is 11.3. The van der Waals surface area contributed by atoms with Crippen molar-refractivity contribution in [2.24, 2.45) is 5.92 Å². The molecule has 24 heavy (non-hydrogen) atoms. The summed E-state index contributed by atoms with van der Waals surface area (Å²) in [5.41, 5.74) is 2.24. The lowest BCUT2D eigenvalue weighted by Crippen LogP contribution is -2.32. The highest BCUT2D eigenvalue weighted by Crippen LogP contribution is 2.25. The summed E-state index contributed by atoms with van der Waals surface area (Å²) in [5, 5.41) is 5.69. The zero-order chi connectivity index (χ0) is 17.7. The number of benzene rings is 1. The standard InChI is InChI=1S/C19H24N2O3/c1-12(2)18(16-8-6-5-7-13(16)3)21-19(23)17-10-9-15(24-17)11-20-14(4)22/h5-10,12,18H,11H2,1-4H3,(H,20,22)(H,21,23)/t18-/m1/s1. The van der Waals surface area contributed by atoms with Gasteiger partial charge in [0.2, 0.25) is 5.91 Å². The van der Waals surface area contributed by atoms with Gasteiger partial charge in [0, 0.05) is 6.92 Å². The van der Waals surface area contributed by atoms with Gasteiger partial charge in [-0.3, -0.25) is 9.59 Å². The van der Waals surface area contributed by atoms with E-state index >= 15 is 0 Å².